The molecule has 27 heavy (non-hydrogen) atoms. The smallest absolute Gasteiger partial charge is 0.340 e. The van der Waals surface area contributed by atoms with Crippen LogP contribution in [0.15, 0.2) is 65.6 Å². The van der Waals surface area contributed by atoms with Gasteiger partial charge in [-0.1, -0.05) is 48.0 Å². The zero-order chi connectivity index (χ0) is 19.6. The van der Waals surface area contributed by atoms with Crippen LogP contribution in [0.4, 0.5) is 0 Å². The van der Waals surface area contributed by atoms with Crippen molar-refractivity contribution in [2.75, 3.05) is 6.61 Å². The third-order valence-electron chi connectivity index (χ3n) is 4.09. The van der Waals surface area contributed by atoms with Gasteiger partial charge in [0.05, 0.1) is 22.8 Å². The minimum atomic E-state index is -3.97. The number of hydrogen-bond donors (Lipinski definition) is 0. The average molecular weight is 404 g/mol. The summed E-state index contributed by atoms with van der Waals surface area (Å²) in [6.45, 7) is 3.48. The largest absolute Gasteiger partial charge is 0.462 e. The van der Waals surface area contributed by atoms with Crippen LogP contribution >= 0.6 is 11.6 Å². The Morgan fingerprint density at radius 3 is 2.41 bits per heavy atom. The molecule has 3 aromatic rings. The van der Waals surface area contributed by atoms with Gasteiger partial charge < -0.3 is 4.74 Å². The van der Waals surface area contributed by atoms with Crippen molar-refractivity contribution in [2.24, 2.45) is 0 Å². The van der Waals surface area contributed by atoms with Crippen LogP contribution in [-0.2, 0) is 14.8 Å². The van der Waals surface area contributed by atoms with Crippen molar-refractivity contribution < 1.29 is 17.9 Å². The number of aromatic nitrogens is 1. The molecule has 0 amide bonds. The molecule has 7 heteroatoms. The molecule has 0 aliphatic carbocycles. The number of ether oxygens (including phenoxy) is 1. The fourth-order valence-corrected chi connectivity index (χ4v) is 4.73. The van der Waals surface area contributed by atoms with E-state index in [2.05, 4.69) is 0 Å². The van der Waals surface area contributed by atoms with Gasteiger partial charge in [-0.05, 0) is 43.7 Å². The van der Waals surface area contributed by atoms with Gasteiger partial charge in [-0.2, -0.15) is 0 Å². The third kappa shape index (κ3) is 3.63. The monoisotopic (exact) mass is 403 g/mol. The van der Waals surface area contributed by atoms with Crippen molar-refractivity contribution in [3.05, 3.63) is 76.9 Å². The molecule has 5 nitrogen and oxygen atoms in total. The van der Waals surface area contributed by atoms with Crippen molar-refractivity contribution in [1.82, 2.24) is 3.97 Å². The number of nitrogens with zero attached hydrogens (tertiary/aromatic N) is 1. The van der Waals surface area contributed by atoms with Gasteiger partial charge >= 0.3 is 5.97 Å². The number of carbonyl (C=O) groups is 1. The van der Waals surface area contributed by atoms with E-state index in [0.717, 1.165) is 0 Å². The van der Waals surface area contributed by atoms with Crippen LogP contribution in [0.5, 0.6) is 0 Å². The number of benzene rings is 2. The van der Waals surface area contributed by atoms with E-state index in [1.807, 2.05) is 6.07 Å². The molecule has 0 aliphatic rings. The highest BCUT2D eigenvalue weighted by Gasteiger charge is 2.28. The lowest BCUT2D eigenvalue weighted by molar-refractivity contribution is 0.0525. The number of hydrogen-bond acceptors (Lipinski definition) is 4. The highest BCUT2D eigenvalue weighted by Crippen LogP contribution is 2.31. The summed E-state index contributed by atoms with van der Waals surface area (Å²) in [6, 6.07) is 16.6. The van der Waals surface area contributed by atoms with Gasteiger partial charge in [0.15, 0.2) is 0 Å². The fourth-order valence-electron chi connectivity index (χ4n) is 2.86. The van der Waals surface area contributed by atoms with E-state index >= 15 is 0 Å². The van der Waals surface area contributed by atoms with Crippen LogP contribution in [0.3, 0.4) is 0 Å². The topological polar surface area (TPSA) is 65.4 Å². The molecule has 0 atom stereocenters. The summed E-state index contributed by atoms with van der Waals surface area (Å²) in [5.74, 6) is -0.563. The summed E-state index contributed by atoms with van der Waals surface area (Å²) < 4.78 is 32.9. The molecule has 1 heterocycles. The van der Waals surface area contributed by atoms with E-state index in [0.29, 0.717) is 16.3 Å². The maximum Gasteiger partial charge on any atom is 0.340 e. The number of rotatable bonds is 5. The maximum atomic E-state index is 13.3. The lowest BCUT2D eigenvalue weighted by atomic mass is 10.1. The molecule has 0 fully saturated rings. The fraction of sp³-hybridized carbons (Fsp3) is 0.150. The lowest BCUT2D eigenvalue weighted by Crippen LogP contribution is -2.16. The maximum absolute atomic E-state index is 13.3. The molecule has 0 radical (unpaired) electrons. The van der Waals surface area contributed by atoms with Crippen molar-refractivity contribution >= 4 is 27.6 Å². The van der Waals surface area contributed by atoms with Crippen molar-refractivity contribution in [3.8, 4) is 11.3 Å². The second kappa shape index (κ2) is 7.58. The lowest BCUT2D eigenvalue weighted by Gasteiger charge is -2.13. The third-order valence-corrected chi connectivity index (χ3v) is 6.13. The normalized spacial score (nSPS) is 11.4. The van der Waals surface area contributed by atoms with Gasteiger partial charge in [0.25, 0.3) is 10.0 Å². The number of carbonyl (C=O) groups excluding carboxylic acids is 1. The Morgan fingerprint density at radius 2 is 1.78 bits per heavy atom. The van der Waals surface area contributed by atoms with E-state index in [9.17, 15) is 13.2 Å². The first-order chi connectivity index (χ1) is 12.9. The van der Waals surface area contributed by atoms with E-state index < -0.39 is 16.0 Å². The first-order valence-electron chi connectivity index (χ1n) is 8.32. The highest BCUT2D eigenvalue weighted by atomic mass is 35.5. The van der Waals surface area contributed by atoms with E-state index in [4.69, 9.17) is 16.3 Å². The highest BCUT2D eigenvalue weighted by molar-refractivity contribution is 7.90. The molecule has 0 aliphatic heterocycles. The number of halogens is 1. The first kappa shape index (κ1) is 19.2. The minimum Gasteiger partial charge on any atom is -0.462 e. The molecule has 2 aromatic carbocycles. The van der Waals surface area contributed by atoms with E-state index in [1.54, 1.807) is 56.3 Å². The summed E-state index contributed by atoms with van der Waals surface area (Å²) >= 11 is 5.98. The predicted octanol–water partition coefficient (Wildman–Crippen LogP) is 4.53. The second-order valence-electron chi connectivity index (χ2n) is 5.84. The van der Waals surface area contributed by atoms with E-state index in [-0.39, 0.29) is 22.8 Å². The van der Waals surface area contributed by atoms with Crippen LogP contribution in [0.25, 0.3) is 11.3 Å². The van der Waals surface area contributed by atoms with E-state index in [1.165, 1.54) is 16.1 Å². The van der Waals surface area contributed by atoms with Crippen LogP contribution in [0.2, 0.25) is 5.02 Å². The van der Waals surface area contributed by atoms with Crippen molar-refractivity contribution in [3.63, 3.8) is 0 Å². The van der Waals surface area contributed by atoms with Crippen LogP contribution in [0.1, 0.15) is 23.0 Å². The standard InChI is InChI=1S/C20H18ClNO4S/c1-3-26-20(23)18-13-19(15-8-5-4-6-9-15)22(14(18)2)27(24,25)17-11-7-10-16(21)12-17/h4-13H,3H2,1-2H3. The molecule has 0 saturated heterocycles. The Morgan fingerprint density at radius 1 is 1.07 bits per heavy atom. The molecule has 0 saturated carbocycles. The molecule has 0 N–H and O–H groups in total. The van der Waals surface area contributed by atoms with Crippen molar-refractivity contribution in [1.29, 1.82) is 0 Å². The van der Waals surface area contributed by atoms with Gasteiger partial charge in [0, 0.05) is 10.7 Å². The SMILES string of the molecule is CCOC(=O)c1cc(-c2ccccc2)n(S(=O)(=O)c2cccc(Cl)c2)c1C. The Kier molecular flexibility index (Phi) is 5.39. The van der Waals surface area contributed by atoms with Crippen molar-refractivity contribution in [2.45, 2.75) is 18.7 Å². The summed E-state index contributed by atoms with van der Waals surface area (Å²) in [7, 11) is -3.97. The number of esters is 1. The predicted molar refractivity (Wildman–Crippen MR) is 105 cm³/mol. The first-order valence-corrected chi connectivity index (χ1v) is 10.1. The van der Waals surface area contributed by atoms with Gasteiger partial charge in [-0.25, -0.2) is 17.2 Å². The molecular formula is C20H18ClNO4S. The zero-order valence-corrected chi connectivity index (χ0v) is 16.4. The molecule has 0 unspecified atom stereocenters. The van der Waals surface area contributed by atoms with Gasteiger partial charge in [0.2, 0.25) is 0 Å². The van der Waals surface area contributed by atoms with Gasteiger partial charge in [-0.15, -0.1) is 0 Å². The Bertz CT molecular complexity index is 1090. The Hall–Kier alpha value is -2.57. The summed E-state index contributed by atoms with van der Waals surface area (Å²) in [5.41, 5.74) is 1.55. The zero-order valence-electron chi connectivity index (χ0n) is 14.8. The second-order valence-corrected chi connectivity index (χ2v) is 8.07. The van der Waals surface area contributed by atoms with Gasteiger partial charge in [0.1, 0.15) is 0 Å². The Labute approximate surface area is 163 Å². The minimum absolute atomic E-state index is 0.0429. The van der Waals surface area contributed by atoms with Crippen LogP contribution < -0.4 is 0 Å². The molecule has 1 aromatic heterocycles. The molecule has 0 bridgehead atoms. The molecule has 140 valence electrons. The Balaban J connectivity index is 2.29. The quantitative estimate of drug-likeness (QED) is 0.587. The van der Waals surface area contributed by atoms with Gasteiger partial charge in [-0.3, -0.25) is 0 Å². The molecular weight excluding hydrogens is 386 g/mol. The summed E-state index contributed by atoms with van der Waals surface area (Å²) in [5, 5.41) is 0.313. The molecule has 3 rings (SSSR count). The van der Waals surface area contributed by atoms with Crippen LogP contribution in [-0.4, -0.2) is 25.0 Å². The molecule has 0 spiro atoms. The summed E-state index contributed by atoms with van der Waals surface area (Å²) in [6.07, 6.45) is 0. The summed E-state index contributed by atoms with van der Waals surface area (Å²) in [4.78, 5) is 12.4. The average Bonchev–Trinajstić information content (AvgIpc) is 3.01. The van der Waals surface area contributed by atoms with Crippen LogP contribution in [0, 0.1) is 6.92 Å².